The van der Waals surface area contributed by atoms with Crippen molar-refractivity contribution in [2.75, 3.05) is 5.01 Å². The summed E-state index contributed by atoms with van der Waals surface area (Å²) in [6.45, 7) is 1.61. The zero-order valence-electron chi connectivity index (χ0n) is 13.5. The van der Waals surface area contributed by atoms with Crippen LogP contribution in [-0.4, -0.2) is 21.5 Å². The van der Waals surface area contributed by atoms with Crippen molar-refractivity contribution in [2.24, 2.45) is 5.10 Å². The number of amides is 1. The number of nitro groups is 2. The highest BCUT2D eigenvalue weighted by Crippen LogP contribution is 2.35. The van der Waals surface area contributed by atoms with E-state index in [1.807, 2.05) is 30.3 Å². The van der Waals surface area contributed by atoms with Gasteiger partial charge in [0, 0.05) is 6.07 Å². The molecule has 9 nitrogen and oxygen atoms in total. The van der Waals surface area contributed by atoms with Crippen molar-refractivity contribution in [3.05, 3.63) is 79.9 Å². The molecule has 0 saturated heterocycles. The number of nitrogens with zero attached hydrogens (tertiary/aromatic N) is 4. The third-order valence-electron chi connectivity index (χ3n) is 3.77. The Morgan fingerprint density at radius 3 is 2.35 bits per heavy atom. The molecule has 0 atom stereocenters. The van der Waals surface area contributed by atoms with Crippen molar-refractivity contribution in [1.82, 2.24) is 0 Å². The number of carbonyl (C=O) groups is 1. The fourth-order valence-electron chi connectivity index (χ4n) is 2.51. The van der Waals surface area contributed by atoms with Crippen LogP contribution < -0.4 is 5.01 Å². The van der Waals surface area contributed by atoms with E-state index in [9.17, 15) is 25.0 Å². The molecule has 1 heterocycles. The normalized spacial score (nSPS) is 15.3. The van der Waals surface area contributed by atoms with Gasteiger partial charge >= 0.3 is 5.69 Å². The lowest BCUT2D eigenvalue weighted by atomic mass is 10.1. The molecule has 0 saturated carbocycles. The lowest BCUT2D eigenvalue weighted by Gasteiger charge is -2.11. The molecule has 2 aromatic rings. The molecular formula is C17H12N4O5. The Balaban J connectivity index is 2.04. The van der Waals surface area contributed by atoms with Gasteiger partial charge in [0.1, 0.15) is 5.69 Å². The van der Waals surface area contributed by atoms with E-state index in [1.54, 1.807) is 13.0 Å². The summed E-state index contributed by atoms with van der Waals surface area (Å²) in [5.74, 6) is -0.539. The third kappa shape index (κ3) is 3.05. The Labute approximate surface area is 147 Å². The van der Waals surface area contributed by atoms with Crippen molar-refractivity contribution in [3.8, 4) is 0 Å². The molecule has 0 spiro atoms. The maximum Gasteiger partial charge on any atom is 0.301 e. The van der Waals surface area contributed by atoms with Gasteiger partial charge in [-0.2, -0.15) is 10.1 Å². The molecule has 1 aliphatic heterocycles. The number of hydrogen-bond donors (Lipinski definition) is 0. The average molecular weight is 352 g/mol. The van der Waals surface area contributed by atoms with Crippen molar-refractivity contribution in [1.29, 1.82) is 0 Å². The van der Waals surface area contributed by atoms with Gasteiger partial charge in [0.2, 0.25) is 0 Å². The highest BCUT2D eigenvalue weighted by Gasteiger charge is 2.34. The third-order valence-corrected chi connectivity index (χ3v) is 3.77. The minimum Gasteiger partial charge on any atom is -0.267 e. The van der Waals surface area contributed by atoms with E-state index in [1.165, 1.54) is 0 Å². The second kappa shape index (κ2) is 6.55. The van der Waals surface area contributed by atoms with Crippen molar-refractivity contribution < 1.29 is 14.6 Å². The molecule has 0 radical (unpaired) electrons. The average Bonchev–Trinajstić information content (AvgIpc) is 2.90. The second-order valence-electron chi connectivity index (χ2n) is 5.46. The number of nitro benzene ring substituents is 2. The van der Waals surface area contributed by atoms with Crippen LogP contribution in [0.25, 0.3) is 6.08 Å². The summed E-state index contributed by atoms with van der Waals surface area (Å²) in [7, 11) is 0. The maximum absolute atomic E-state index is 12.7. The quantitative estimate of drug-likeness (QED) is 0.475. The Hall–Kier alpha value is -3.88. The fourth-order valence-corrected chi connectivity index (χ4v) is 2.51. The van der Waals surface area contributed by atoms with E-state index in [0.717, 1.165) is 28.8 Å². The summed E-state index contributed by atoms with van der Waals surface area (Å²) in [5.41, 5.74) is 0.347. The predicted octanol–water partition coefficient (Wildman–Crippen LogP) is 3.31. The van der Waals surface area contributed by atoms with Gasteiger partial charge in [-0.25, -0.2) is 0 Å². The molecule has 130 valence electrons. The number of carbonyl (C=O) groups excluding carboxylic acids is 1. The molecule has 0 N–H and O–H groups in total. The van der Waals surface area contributed by atoms with E-state index in [0.29, 0.717) is 11.3 Å². The van der Waals surface area contributed by atoms with Gasteiger partial charge < -0.3 is 0 Å². The van der Waals surface area contributed by atoms with Crippen LogP contribution in [0, 0.1) is 20.2 Å². The lowest BCUT2D eigenvalue weighted by molar-refractivity contribution is -0.393. The standard InChI is InChI=1S/C17H12N4O5/c1-11-14(9-12-5-3-2-4-6-12)17(22)19(18-11)15-8-7-13(20(23)24)10-16(15)21(25)26/h2-10H,1H3. The van der Waals surface area contributed by atoms with Crippen LogP contribution in [0.3, 0.4) is 0 Å². The number of benzene rings is 2. The number of hydrogen-bond acceptors (Lipinski definition) is 6. The Morgan fingerprint density at radius 1 is 1.04 bits per heavy atom. The molecule has 26 heavy (non-hydrogen) atoms. The summed E-state index contributed by atoms with van der Waals surface area (Å²) in [5, 5.41) is 27.1. The first-order valence-corrected chi connectivity index (χ1v) is 7.48. The number of hydrazone groups is 1. The minimum absolute atomic E-state index is 0.124. The lowest BCUT2D eigenvalue weighted by Crippen LogP contribution is -2.22. The van der Waals surface area contributed by atoms with E-state index in [2.05, 4.69) is 5.10 Å². The van der Waals surface area contributed by atoms with Crippen LogP contribution in [0.2, 0.25) is 0 Å². The van der Waals surface area contributed by atoms with Crippen molar-refractivity contribution in [2.45, 2.75) is 6.92 Å². The highest BCUT2D eigenvalue weighted by molar-refractivity contribution is 6.32. The van der Waals surface area contributed by atoms with Crippen molar-refractivity contribution in [3.63, 3.8) is 0 Å². The van der Waals surface area contributed by atoms with Gasteiger partial charge in [0.25, 0.3) is 11.6 Å². The van der Waals surface area contributed by atoms with Crippen LogP contribution >= 0.6 is 0 Å². The molecular weight excluding hydrogens is 340 g/mol. The van der Waals surface area contributed by atoms with Crippen LogP contribution in [0.15, 0.2) is 59.2 Å². The number of anilines is 1. The number of rotatable bonds is 4. The second-order valence-corrected chi connectivity index (χ2v) is 5.46. The monoisotopic (exact) mass is 352 g/mol. The first-order chi connectivity index (χ1) is 12.4. The molecule has 0 bridgehead atoms. The first-order valence-electron chi connectivity index (χ1n) is 7.48. The van der Waals surface area contributed by atoms with Crippen LogP contribution in [-0.2, 0) is 4.79 Å². The van der Waals surface area contributed by atoms with Gasteiger partial charge in [-0.3, -0.25) is 25.0 Å². The van der Waals surface area contributed by atoms with Gasteiger partial charge in [0.05, 0.1) is 27.2 Å². The predicted molar refractivity (Wildman–Crippen MR) is 94.8 cm³/mol. The van der Waals surface area contributed by atoms with E-state index >= 15 is 0 Å². The minimum atomic E-state index is -0.778. The summed E-state index contributed by atoms with van der Waals surface area (Å²) < 4.78 is 0. The van der Waals surface area contributed by atoms with E-state index in [4.69, 9.17) is 0 Å². The number of non-ortho nitro benzene ring substituents is 1. The molecule has 3 rings (SSSR count). The molecule has 0 aliphatic carbocycles. The van der Waals surface area contributed by atoms with Gasteiger partial charge in [-0.05, 0) is 24.6 Å². The smallest absolute Gasteiger partial charge is 0.267 e. The zero-order valence-corrected chi connectivity index (χ0v) is 13.5. The molecule has 1 amide bonds. The largest absolute Gasteiger partial charge is 0.301 e. The van der Waals surface area contributed by atoms with Crippen molar-refractivity contribution >= 4 is 34.8 Å². The summed E-state index contributed by atoms with van der Waals surface area (Å²) in [6.07, 6.45) is 1.64. The van der Waals surface area contributed by atoms with Gasteiger partial charge in [-0.1, -0.05) is 30.3 Å². The molecule has 0 aromatic heterocycles. The van der Waals surface area contributed by atoms with Gasteiger partial charge in [0.15, 0.2) is 0 Å². The summed E-state index contributed by atoms with van der Waals surface area (Å²) in [4.78, 5) is 33.3. The Bertz CT molecular complexity index is 982. The Kier molecular flexibility index (Phi) is 4.27. The fraction of sp³-hybridized carbons (Fsp3) is 0.0588. The van der Waals surface area contributed by atoms with Gasteiger partial charge in [-0.15, -0.1) is 0 Å². The van der Waals surface area contributed by atoms with E-state index < -0.39 is 27.1 Å². The SMILES string of the molecule is CC1=NN(c2ccc([N+](=O)[O-])cc2[N+](=O)[O-])C(=O)C1=Cc1ccccc1. The van der Waals surface area contributed by atoms with Crippen LogP contribution in [0.1, 0.15) is 12.5 Å². The molecule has 2 aromatic carbocycles. The zero-order chi connectivity index (χ0) is 18.8. The highest BCUT2D eigenvalue weighted by atomic mass is 16.6. The van der Waals surface area contributed by atoms with Crippen LogP contribution in [0.5, 0.6) is 0 Å². The topological polar surface area (TPSA) is 119 Å². The molecule has 9 heteroatoms. The van der Waals surface area contributed by atoms with E-state index in [-0.39, 0.29) is 5.69 Å². The molecule has 0 unspecified atom stereocenters. The summed E-state index contributed by atoms with van der Waals surface area (Å²) in [6, 6.07) is 12.2. The molecule has 1 aliphatic rings. The first kappa shape index (κ1) is 17.0. The molecule has 0 fully saturated rings. The maximum atomic E-state index is 12.7. The Morgan fingerprint density at radius 2 is 1.73 bits per heavy atom. The van der Waals surface area contributed by atoms with Crippen LogP contribution in [0.4, 0.5) is 17.1 Å². The summed E-state index contributed by atoms with van der Waals surface area (Å²) >= 11 is 0.